The number of aliphatic carboxylic acids is 1. The maximum atomic E-state index is 13.0. The maximum Gasteiger partial charge on any atom is 0.417 e. The Morgan fingerprint density at radius 3 is 2.19 bits per heavy atom. The van der Waals surface area contributed by atoms with Crippen molar-refractivity contribution in [1.82, 2.24) is 9.62 Å². The molecule has 1 rings (SSSR count). The number of sulfonamides is 1. The van der Waals surface area contributed by atoms with Gasteiger partial charge in [0, 0.05) is 6.04 Å². The van der Waals surface area contributed by atoms with Crippen LogP contribution < -0.4 is 4.72 Å². The molecule has 26 heavy (non-hydrogen) atoms. The number of nitrogens with one attached hydrogen (secondary N) is 1. The van der Waals surface area contributed by atoms with Gasteiger partial charge in [-0.05, 0) is 32.9 Å². The zero-order chi connectivity index (χ0) is 20.3. The molecular weight excluding hydrogens is 377 g/mol. The van der Waals surface area contributed by atoms with E-state index in [1.807, 2.05) is 4.72 Å². The third-order valence-electron chi connectivity index (χ3n) is 3.40. The Morgan fingerprint density at radius 1 is 1.19 bits per heavy atom. The molecule has 1 amide bonds. The topological polar surface area (TPSA) is 104 Å². The second kappa shape index (κ2) is 8.04. The summed E-state index contributed by atoms with van der Waals surface area (Å²) < 4.78 is 65.6. The molecule has 2 N–H and O–H groups in total. The fourth-order valence-corrected chi connectivity index (χ4v) is 3.62. The monoisotopic (exact) mass is 396 g/mol. The van der Waals surface area contributed by atoms with Crippen molar-refractivity contribution in [1.29, 1.82) is 0 Å². The van der Waals surface area contributed by atoms with Crippen LogP contribution in [0.5, 0.6) is 0 Å². The first-order valence-corrected chi connectivity index (χ1v) is 8.96. The van der Waals surface area contributed by atoms with Crippen molar-refractivity contribution in [2.45, 2.75) is 43.9 Å². The summed E-state index contributed by atoms with van der Waals surface area (Å²) in [5, 5.41) is 8.84. The SMILES string of the molecule is CC(NS(=O)(=O)c1ccccc1C(F)(F)F)C(=O)N(CC(=O)O)C(C)C. The van der Waals surface area contributed by atoms with E-state index in [1.165, 1.54) is 13.8 Å². The van der Waals surface area contributed by atoms with Crippen molar-refractivity contribution in [3.05, 3.63) is 29.8 Å². The first kappa shape index (κ1) is 21.9. The summed E-state index contributed by atoms with van der Waals surface area (Å²) in [6, 6.07) is 1.56. The Hall–Kier alpha value is -2.14. The quantitative estimate of drug-likeness (QED) is 0.730. The predicted octanol–water partition coefficient (Wildman–Crippen LogP) is 1.69. The lowest BCUT2D eigenvalue weighted by atomic mass is 10.2. The number of carboxylic acid groups (broad SMARTS) is 1. The lowest BCUT2D eigenvalue weighted by Crippen LogP contribution is -2.50. The molecule has 1 aromatic rings. The van der Waals surface area contributed by atoms with Crippen molar-refractivity contribution in [3.8, 4) is 0 Å². The van der Waals surface area contributed by atoms with E-state index in [-0.39, 0.29) is 0 Å². The number of amides is 1. The molecule has 0 spiro atoms. The number of carbonyl (C=O) groups is 2. The van der Waals surface area contributed by atoms with E-state index in [0.717, 1.165) is 30.0 Å². The first-order valence-electron chi connectivity index (χ1n) is 7.48. The van der Waals surface area contributed by atoms with Crippen LogP contribution in [0.1, 0.15) is 26.3 Å². The molecule has 7 nitrogen and oxygen atoms in total. The first-order chi connectivity index (χ1) is 11.8. The van der Waals surface area contributed by atoms with Crippen molar-refractivity contribution in [3.63, 3.8) is 0 Å². The van der Waals surface area contributed by atoms with Crippen molar-refractivity contribution in [2.75, 3.05) is 6.54 Å². The number of carboxylic acids is 1. The smallest absolute Gasteiger partial charge is 0.417 e. The number of rotatable bonds is 7. The molecule has 0 heterocycles. The molecule has 1 aromatic carbocycles. The summed E-state index contributed by atoms with van der Waals surface area (Å²) in [5.41, 5.74) is -1.36. The highest BCUT2D eigenvalue weighted by Crippen LogP contribution is 2.33. The van der Waals surface area contributed by atoms with Crippen LogP contribution in [0.3, 0.4) is 0 Å². The largest absolute Gasteiger partial charge is 0.480 e. The highest BCUT2D eigenvalue weighted by molar-refractivity contribution is 7.89. The Kier molecular flexibility index (Phi) is 6.77. The molecule has 146 valence electrons. The van der Waals surface area contributed by atoms with Crippen LogP contribution in [0.25, 0.3) is 0 Å². The second-order valence-corrected chi connectivity index (χ2v) is 7.47. The van der Waals surface area contributed by atoms with Gasteiger partial charge in [0.15, 0.2) is 0 Å². The van der Waals surface area contributed by atoms with Crippen LogP contribution in [0.15, 0.2) is 29.2 Å². The minimum Gasteiger partial charge on any atom is -0.480 e. The highest BCUT2D eigenvalue weighted by Gasteiger charge is 2.38. The summed E-state index contributed by atoms with van der Waals surface area (Å²) >= 11 is 0. The van der Waals surface area contributed by atoms with Crippen LogP contribution in [0.2, 0.25) is 0 Å². The fourth-order valence-electron chi connectivity index (χ4n) is 2.19. The normalized spacial score (nSPS) is 13.5. The van der Waals surface area contributed by atoms with E-state index in [4.69, 9.17) is 5.11 Å². The number of halogens is 3. The number of hydrogen-bond acceptors (Lipinski definition) is 4. The molecule has 0 radical (unpaired) electrons. The van der Waals surface area contributed by atoms with E-state index in [2.05, 4.69) is 0 Å². The van der Waals surface area contributed by atoms with Crippen LogP contribution in [-0.2, 0) is 25.8 Å². The molecular formula is C15H19F3N2O5S. The molecule has 0 aliphatic carbocycles. The van der Waals surface area contributed by atoms with E-state index in [1.54, 1.807) is 0 Å². The van der Waals surface area contributed by atoms with E-state index < -0.39 is 57.2 Å². The summed E-state index contributed by atoms with van der Waals surface area (Å²) in [4.78, 5) is 23.1. The van der Waals surface area contributed by atoms with Gasteiger partial charge in [-0.25, -0.2) is 8.42 Å². The molecule has 0 saturated heterocycles. The predicted molar refractivity (Wildman–Crippen MR) is 85.7 cm³/mol. The Bertz CT molecular complexity index is 778. The number of nitrogens with zero attached hydrogens (tertiary/aromatic N) is 1. The van der Waals surface area contributed by atoms with E-state index in [9.17, 15) is 31.2 Å². The van der Waals surface area contributed by atoms with Crippen molar-refractivity contribution < 1.29 is 36.3 Å². The second-order valence-electron chi connectivity index (χ2n) is 5.79. The molecule has 1 atom stereocenters. The summed E-state index contributed by atoms with van der Waals surface area (Å²) in [7, 11) is -4.67. The number of benzene rings is 1. The van der Waals surface area contributed by atoms with Gasteiger partial charge in [-0.1, -0.05) is 12.1 Å². The van der Waals surface area contributed by atoms with Gasteiger partial charge in [0.1, 0.15) is 6.54 Å². The van der Waals surface area contributed by atoms with Crippen LogP contribution >= 0.6 is 0 Å². The lowest BCUT2D eigenvalue weighted by molar-refractivity contribution is -0.146. The van der Waals surface area contributed by atoms with Gasteiger partial charge in [-0.3, -0.25) is 9.59 Å². The molecule has 0 saturated carbocycles. The van der Waals surface area contributed by atoms with E-state index >= 15 is 0 Å². The highest BCUT2D eigenvalue weighted by atomic mass is 32.2. The summed E-state index contributed by atoms with van der Waals surface area (Å²) in [6.45, 7) is 3.52. The van der Waals surface area contributed by atoms with Crippen molar-refractivity contribution in [2.24, 2.45) is 0 Å². The standard InChI is InChI=1S/C15H19F3N2O5S/c1-9(2)20(8-13(21)22)14(23)10(3)19-26(24,25)12-7-5-4-6-11(12)15(16,17)18/h4-7,9-10,19H,8H2,1-3H3,(H,21,22). The van der Waals surface area contributed by atoms with Crippen LogP contribution in [0.4, 0.5) is 13.2 Å². The number of hydrogen-bond donors (Lipinski definition) is 2. The summed E-state index contributed by atoms with van der Waals surface area (Å²) in [5.74, 6) is -2.17. The number of alkyl halides is 3. The zero-order valence-electron chi connectivity index (χ0n) is 14.2. The van der Waals surface area contributed by atoms with Crippen LogP contribution in [-0.4, -0.2) is 48.9 Å². The van der Waals surface area contributed by atoms with Gasteiger partial charge in [0.05, 0.1) is 16.5 Å². The number of carbonyl (C=O) groups excluding carboxylic acids is 1. The zero-order valence-corrected chi connectivity index (χ0v) is 15.1. The average molecular weight is 396 g/mol. The molecule has 0 aromatic heterocycles. The molecule has 0 aliphatic heterocycles. The molecule has 0 fully saturated rings. The van der Waals surface area contributed by atoms with Gasteiger partial charge in [0.25, 0.3) is 0 Å². The van der Waals surface area contributed by atoms with Crippen LogP contribution in [0, 0.1) is 0 Å². The Labute approximate surface area is 148 Å². The molecule has 0 aliphatic rings. The average Bonchev–Trinajstić information content (AvgIpc) is 2.50. The molecule has 1 unspecified atom stereocenters. The molecule has 11 heteroatoms. The Balaban J connectivity index is 3.14. The van der Waals surface area contributed by atoms with Gasteiger partial charge >= 0.3 is 12.1 Å². The Morgan fingerprint density at radius 2 is 1.73 bits per heavy atom. The third-order valence-corrected chi connectivity index (χ3v) is 5.00. The van der Waals surface area contributed by atoms with Gasteiger partial charge in [-0.15, -0.1) is 0 Å². The third kappa shape index (κ3) is 5.43. The van der Waals surface area contributed by atoms with Crippen molar-refractivity contribution >= 4 is 21.9 Å². The summed E-state index contributed by atoms with van der Waals surface area (Å²) in [6.07, 6.45) is -4.90. The minimum atomic E-state index is -4.90. The maximum absolute atomic E-state index is 13.0. The lowest BCUT2D eigenvalue weighted by Gasteiger charge is -2.28. The minimum absolute atomic E-state index is 0.548. The van der Waals surface area contributed by atoms with Gasteiger partial charge in [0.2, 0.25) is 15.9 Å². The fraction of sp³-hybridized carbons (Fsp3) is 0.467. The van der Waals surface area contributed by atoms with Gasteiger partial charge < -0.3 is 10.0 Å². The van der Waals surface area contributed by atoms with E-state index in [0.29, 0.717) is 6.07 Å². The van der Waals surface area contributed by atoms with Gasteiger partial charge in [-0.2, -0.15) is 17.9 Å². The molecule has 0 bridgehead atoms.